The lowest BCUT2D eigenvalue weighted by atomic mass is 9.99. The summed E-state index contributed by atoms with van der Waals surface area (Å²) in [5, 5.41) is 8.23. The van der Waals surface area contributed by atoms with Crippen molar-refractivity contribution in [3.05, 3.63) is 53.8 Å². The normalized spacial score (nSPS) is 16.7. The molecule has 1 unspecified atom stereocenters. The summed E-state index contributed by atoms with van der Waals surface area (Å²) in [6.07, 6.45) is 1.92. The van der Waals surface area contributed by atoms with Crippen molar-refractivity contribution in [1.29, 1.82) is 5.26 Å². The van der Waals surface area contributed by atoms with Gasteiger partial charge in [0.05, 0.1) is 19.1 Å². The van der Waals surface area contributed by atoms with E-state index in [-0.39, 0.29) is 25.1 Å². The molecule has 2 aliphatic rings. The van der Waals surface area contributed by atoms with Crippen LogP contribution in [-0.2, 0) is 11.2 Å². The standard InChI is InChI=1S/C18H25NO5.C8H6FN/c1-18(2,3)24-17(20)19-8-4-5-13(10-19)11-21-14-6-7-15-16(9-14)23-12-22-15;9-8-4-2-1-3-7(8)5-6-10/h6-7,9,13H,4-5,8,10-12H2,1-3H3;1-4H,5H2. The maximum Gasteiger partial charge on any atom is 0.410 e. The smallest absolute Gasteiger partial charge is 0.410 e. The van der Waals surface area contributed by atoms with Crippen molar-refractivity contribution in [2.45, 2.75) is 45.6 Å². The summed E-state index contributed by atoms with van der Waals surface area (Å²) in [6, 6.07) is 13.7. The van der Waals surface area contributed by atoms with E-state index >= 15 is 0 Å². The van der Waals surface area contributed by atoms with Gasteiger partial charge in [-0.3, -0.25) is 0 Å². The Kier molecular flexibility index (Phi) is 8.58. The molecule has 1 fully saturated rings. The van der Waals surface area contributed by atoms with Gasteiger partial charge in [0, 0.05) is 30.6 Å². The number of amides is 1. The highest BCUT2D eigenvalue weighted by atomic mass is 19.1. The van der Waals surface area contributed by atoms with Crippen molar-refractivity contribution in [3.8, 4) is 23.3 Å². The monoisotopic (exact) mass is 470 g/mol. The molecule has 1 atom stereocenters. The number of likely N-dealkylation sites (tertiary alicyclic amines) is 1. The van der Waals surface area contributed by atoms with Gasteiger partial charge in [0.25, 0.3) is 0 Å². The second-order valence-electron chi connectivity index (χ2n) is 9.19. The summed E-state index contributed by atoms with van der Waals surface area (Å²) in [5.74, 6) is 2.22. The largest absolute Gasteiger partial charge is 0.493 e. The first-order chi connectivity index (χ1) is 16.2. The van der Waals surface area contributed by atoms with E-state index in [4.69, 9.17) is 24.2 Å². The number of ether oxygens (including phenoxy) is 4. The number of carbonyl (C=O) groups excluding carboxylic acids is 1. The van der Waals surface area contributed by atoms with E-state index in [9.17, 15) is 9.18 Å². The number of hydrogen-bond donors (Lipinski definition) is 0. The van der Waals surface area contributed by atoms with Gasteiger partial charge in [-0.2, -0.15) is 5.26 Å². The molecule has 0 bridgehead atoms. The Bertz CT molecular complexity index is 1010. The van der Waals surface area contributed by atoms with Gasteiger partial charge in [-0.05, 0) is 51.8 Å². The van der Waals surface area contributed by atoms with E-state index in [2.05, 4.69) is 0 Å². The molecule has 0 spiro atoms. The number of carbonyl (C=O) groups is 1. The van der Waals surface area contributed by atoms with Gasteiger partial charge < -0.3 is 23.8 Å². The van der Waals surface area contributed by atoms with Gasteiger partial charge >= 0.3 is 6.09 Å². The molecule has 0 N–H and O–H groups in total. The van der Waals surface area contributed by atoms with Crippen LogP contribution >= 0.6 is 0 Å². The van der Waals surface area contributed by atoms with Gasteiger partial charge in [0.2, 0.25) is 6.79 Å². The molecule has 1 amide bonds. The van der Waals surface area contributed by atoms with Crippen molar-refractivity contribution in [2.24, 2.45) is 5.92 Å². The Morgan fingerprint density at radius 2 is 1.97 bits per heavy atom. The molecule has 182 valence electrons. The predicted molar refractivity (Wildman–Crippen MR) is 124 cm³/mol. The zero-order valence-electron chi connectivity index (χ0n) is 19.9. The van der Waals surface area contributed by atoms with Gasteiger partial charge in [0.15, 0.2) is 11.5 Å². The quantitative estimate of drug-likeness (QED) is 0.601. The third-order valence-electron chi connectivity index (χ3n) is 5.23. The fourth-order valence-electron chi connectivity index (χ4n) is 3.60. The van der Waals surface area contributed by atoms with Crippen LogP contribution in [0.25, 0.3) is 0 Å². The van der Waals surface area contributed by atoms with Crippen LogP contribution in [-0.4, -0.2) is 43.1 Å². The fourth-order valence-corrected chi connectivity index (χ4v) is 3.60. The molecule has 2 aromatic rings. The second kappa shape index (κ2) is 11.6. The van der Waals surface area contributed by atoms with Crippen LogP contribution in [0.4, 0.5) is 9.18 Å². The van der Waals surface area contributed by atoms with Crippen LogP contribution < -0.4 is 14.2 Å². The summed E-state index contributed by atoms with van der Waals surface area (Å²) in [6.45, 7) is 7.89. The van der Waals surface area contributed by atoms with Gasteiger partial charge in [-0.25, -0.2) is 9.18 Å². The lowest BCUT2D eigenvalue weighted by molar-refractivity contribution is 0.0139. The maximum atomic E-state index is 12.6. The highest BCUT2D eigenvalue weighted by Gasteiger charge is 2.28. The van der Waals surface area contributed by atoms with E-state index in [1.54, 1.807) is 23.1 Å². The zero-order valence-corrected chi connectivity index (χ0v) is 19.9. The molecule has 4 rings (SSSR count). The number of rotatable bonds is 4. The first kappa shape index (κ1) is 25.2. The minimum Gasteiger partial charge on any atom is -0.493 e. The van der Waals surface area contributed by atoms with E-state index in [0.29, 0.717) is 30.4 Å². The van der Waals surface area contributed by atoms with E-state index in [1.807, 2.05) is 45.0 Å². The summed E-state index contributed by atoms with van der Waals surface area (Å²) in [4.78, 5) is 14.0. The Balaban J connectivity index is 0.000000271. The lowest BCUT2D eigenvalue weighted by Gasteiger charge is -2.34. The molecular formula is C26H31FN2O5. The van der Waals surface area contributed by atoms with E-state index in [0.717, 1.165) is 30.9 Å². The topological polar surface area (TPSA) is 81.0 Å². The number of halogens is 1. The van der Waals surface area contributed by atoms with Gasteiger partial charge in [-0.1, -0.05) is 18.2 Å². The van der Waals surface area contributed by atoms with Crippen LogP contribution in [0.2, 0.25) is 0 Å². The zero-order chi connectivity index (χ0) is 24.6. The molecule has 7 nitrogen and oxygen atoms in total. The lowest BCUT2D eigenvalue weighted by Crippen LogP contribution is -2.44. The van der Waals surface area contributed by atoms with Crippen LogP contribution in [0.5, 0.6) is 17.2 Å². The highest BCUT2D eigenvalue weighted by molar-refractivity contribution is 5.68. The number of nitrogens with zero attached hydrogens (tertiary/aromatic N) is 2. The molecule has 0 radical (unpaired) electrons. The predicted octanol–water partition coefficient (Wildman–Crippen LogP) is 5.33. The molecule has 8 heteroatoms. The van der Waals surface area contributed by atoms with Crippen molar-refractivity contribution in [2.75, 3.05) is 26.5 Å². The average molecular weight is 471 g/mol. The third-order valence-corrected chi connectivity index (χ3v) is 5.23. The number of benzene rings is 2. The molecule has 2 aromatic carbocycles. The first-order valence-corrected chi connectivity index (χ1v) is 11.4. The van der Waals surface area contributed by atoms with E-state index < -0.39 is 5.60 Å². The Morgan fingerprint density at radius 3 is 2.71 bits per heavy atom. The summed E-state index contributed by atoms with van der Waals surface area (Å²) in [7, 11) is 0. The minimum atomic E-state index is -0.465. The summed E-state index contributed by atoms with van der Waals surface area (Å²) >= 11 is 0. The molecule has 0 aliphatic carbocycles. The Hall–Kier alpha value is -3.47. The van der Waals surface area contributed by atoms with Crippen LogP contribution in [0.15, 0.2) is 42.5 Å². The second-order valence-corrected chi connectivity index (χ2v) is 9.19. The number of piperidine rings is 1. The van der Waals surface area contributed by atoms with Crippen molar-refractivity contribution < 1.29 is 28.1 Å². The summed E-state index contributed by atoms with van der Waals surface area (Å²) in [5.41, 5.74) is -0.00230. The highest BCUT2D eigenvalue weighted by Crippen LogP contribution is 2.35. The van der Waals surface area contributed by atoms with Crippen LogP contribution in [0, 0.1) is 23.1 Å². The fraction of sp³-hybridized carbons (Fsp3) is 0.462. The number of nitriles is 1. The third kappa shape index (κ3) is 7.55. The van der Waals surface area contributed by atoms with Crippen molar-refractivity contribution in [3.63, 3.8) is 0 Å². The average Bonchev–Trinajstić information content (AvgIpc) is 3.27. The van der Waals surface area contributed by atoms with Crippen molar-refractivity contribution >= 4 is 6.09 Å². The maximum absolute atomic E-state index is 12.6. The Morgan fingerprint density at radius 1 is 1.21 bits per heavy atom. The molecule has 0 saturated carbocycles. The van der Waals surface area contributed by atoms with Gasteiger partial charge in [0.1, 0.15) is 17.2 Å². The number of hydrogen-bond acceptors (Lipinski definition) is 6. The Labute approximate surface area is 200 Å². The van der Waals surface area contributed by atoms with E-state index in [1.165, 1.54) is 6.07 Å². The SMILES string of the molecule is CC(C)(C)OC(=O)N1CCCC(COc2ccc3c(c2)OCO3)C1.N#CCc1ccccc1F. The molecule has 0 aromatic heterocycles. The van der Waals surface area contributed by atoms with Crippen LogP contribution in [0.3, 0.4) is 0 Å². The molecule has 2 aliphatic heterocycles. The number of fused-ring (bicyclic) bond motifs is 1. The van der Waals surface area contributed by atoms with Crippen LogP contribution in [0.1, 0.15) is 39.2 Å². The van der Waals surface area contributed by atoms with Crippen molar-refractivity contribution in [1.82, 2.24) is 4.90 Å². The molecule has 34 heavy (non-hydrogen) atoms. The first-order valence-electron chi connectivity index (χ1n) is 11.4. The molecule has 2 heterocycles. The summed E-state index contributed by atoms with van der Waals surface area (Å²) < 4.78 is 34.6. The molecule has 1 saturated heterocycles. The van der Waals surface area contributed by atoms with Gasteiger partial charge in [-0.15, -0.1) is 0 Å². The minimum absolute atomic E-state index is 0.146. The molecular weight excluding hydrogens is 439 g/mol.